The number of rotatable bonds is 5. The van der Waals surface area contributed by atoms with Crippen LogP contribution < -0.4 is 9.62 Å². The van der Waals surface area contributed by atoms with E-state index in [1.165, 1.54) is 6.07 Å². The van der Waals surface area contributed by atoms with Crippen molar-refractivity contribution < 1.29 is 12.8 Å². The van der Waals surface area contributed by atoms with Crippen molar-refractivity contribution in [2.75, 3.05) is 18.0 Å². The number of hydrogen-bond donors (Lipinski definition) is 1. The fourth-order valence-corrected chi connectivity index (χ4v) is 3.72. The molecular formula is C15H16ClFN4O2S. The van der Waals surface area contributed by atoms with Gasteiger partial charge in [0, 0.05) is 19.3 Å². The Bertz CT molecular complexity index is 841. The molecule has 9 heteroatoms. The van der Waals surface area contributed by atoms with E-state index in [2.05, 4.69) is 19.6 Å². The van der Waals surface area contributed by atoms with Gasteiger partial charge < -0.3 is 4.90 Å². The highest BCUT2D eigenvalue weighted by Gasteiger charge is 2.18. The number of benzene rings is 1. The van der Waals surface area contributed by atoms with Crippen LogP contribution in [0.15, 0.2) is 35.4 Å². The quantitative estimate of drug-likeness (QED) is 0.874. The third kappa shape index (κ3) is 3.82. The highest BCUT2D eigenvalue weighted by Crippen LogP contribution is 2.20. The van der Waals surface area contributed by atoms with Crippen LogP contribution in [0.1, 0.15) is 18.5 Å². The molecule has 2 heterocycles. The number of halogens is 2. The van der Waals surface area contributed by atoms with E-state index in [1.54, 1.807) is 12.3 Å². The SMILES string of the molecule is O=S(=O)(NCc1ccnc(N2CCCC2)n1)c1ccc(F)c(Cl)c1. The van der Waals surface area contributed by atoms with Crippen molar-refractivity contribution in [3.63, 3.8) is 0 Å². The molecule has 1 N–H and O–H groups in total. The van der Waals surface area contributed by atoms with Gasteiger partial charge in [-0.3, -0.25) is 0 Å². The molecule has 0 spiro atoms. The van der Waals surface area contributed by atoms with Crippen LogP contribution in [0.25, 0.3) is 0 Å². The molecule has 0 radical (unpaired) electrons. The monoisotopic (exact) mass is 370 g/mol. The van der Waals surface area contributed by atoms with Crippen LogP contribution in [0.4, 0.5) is 10.3 Å². The van der Waals surface area contributed by atoms with Gasteiger partial charge in [0.1, 0.15) is 5.82 Å². The molecule has 2 aromatic rings. The minimum absolute atomic E-state index is 0.0146. The minimum Gasteiger partial charge on any atom is -0.341 e. The van der Waals surface area contributed by atoms with Crippen LogP contribution in [0.5, 0.6) is 0 Å². The Morgan fingerprint density at radius 2 is 2.00 bits per heavy atom. The molecule has 0 amide bonds. The van der Waals surface area contributed by atoms with Crippen LogP contribution in [-0.2, 0) is 16.6 Å². The normalized spacial score (nSPS) is 15.0. The maximum Gasteiger partial charge on any atom is 0.240 e. The van der Waals surface area contributed by atoms with Crippen LogP contribution in [0.2, 0.25) is 5.02 Å². The summed E-state index contributed by atoms with van der Waals surface area (Å²) in [5.41, 5.74) is 0.559. The third-order valence-corrected chi connectivity index (χ3v) is 5.42. The Labute approximate surface area is 144 Å². The first-order valence-corrected chi connectivity index (χ1v) is 9.33. The lowest BCUT2D eigenvalue weighted by Crippen LogP contribution is -2.25. The zero-order valence-corrected chi connectivity index (χ0v) is 14.3. The van der Waals surface area contributed by atoms with Crippen LogP contribution >= 0.6 is 11.6 Å². The molecule has 3 rings (SSSR count). The Hall–Kier alpha value is -1.77. The predicted octanol–water partition coefficient (Wildman–Crippen LogP) is 2.35. The summed E-state index contributed by atoms with van der Waals surface area (Å²) in [6.45, 7) is 1.83. The summed E-state index contributed by atoms with van der Waals surface area (Å²) < 4.78 is 40.1. The van der Waals surface area contributed by atoms with Gasteiger partial charge in [0.2, 0.25) is 16.0 Å². The molecule has 0 saturated carbocycles. The van der Waals surface area contributed by atoms with Crippen molar-refractivity contribution in [3.8, 4) is 0 Å². The molecule has 128 valence electrons. The fraction of sp³-hybridized carbons (Fsp3) is 0.333. The highest BCUT2D eigenvalue weighted by atomic mass is 35.5. The van der Waals surface area contributed by atoms with E-state index in [-0.39, 0.29) is 16.5 Å². The Morgan fingerprint density at radius 3 is 2.71 bits per heavy atom. The number of hydrogen-bond acceptors (Lipinski definition) is 5. The fourth-order valence-electron chi connectivity index (χ4n) is 2.45. The first-order chi connectivity index (χ1) is 11.5. The van der Waals surface area contributed by atoms with Gasteiger partial charge in [-0.05, 0) is 37.1 Å². The maximum absolute atomic E-state index is 13.2. The van der Waals surface area contributed by atoms with Crippen LogP contribution in [0, 0.1) is 5.82 Å². The van der Waals surface area contributed by atoms with Gasteiger partial charge >= 0.3 is 0 Å². The van der Waals surface area contributed by atoms with Gasteiger partial charge in [-0.25, -0.2) is 27.5 Å². The Balaban J connectivity index is 1.72. The predicted molar refractivity (Wildman–Crippen MR) is 88.9 cm³/mol. The Morgan fingerprint density at radius 1 is 1.25 bits per heavy atom. The third-order valence-electron chi connectivity index (χ3n) is 3.73. The number of anilines is 1. The minimum atomic E-state index is -3.80. The lowest BCUT2D eigenvalue weighted by atomic mass is 10.3. The summed E-state index contributed by atoms with van der Waals surface area (Å²) in [5.74, 6) is -0.0595. The molecule has 24 heavy (non-hydrogen) atoms. The van der Waals surface area contributed by atoms with E-state index < -0.39 is 15.8 Å². The smallest absolute Gasteiger partial charge is 0.240 e. The van der Waals surface area contributed by atoms with Gasteiger partial charge in [0.15, 0.2) is 0 Å². The van der Waals surface area contributed by atoms with Gasteiger partial charge in [-0.2, -0.15) is 0 Å². The van der Waals surface area contributed by atoms with E-state index in [0.29, 0.717) is 11.6 Å². The van der Waals surface area contributed by atoms with Crippen molar-refractivity contribution in [3.05, 3.63) is 47.0 Å². The molecule has 1 fully saturated rings. The van der Waals surface area contributed by atoms with Crippen molar-refractivity contribution in [2.24, 2.45) is 0 Å². The Kier molecular flexibility index (Phi) is 4.98. The zero-order chi connectivity index (χ0) is 17.2. The van der Waals surface area contributed by atoms with Crippen molar-refractivity contribution >= 4 is 27.6 Å². The number of sulfonamides is 1. The van der Waals surface area contributed by atoms with Gasteiger partial charge in [0.25, 0.3) is 0 Å². The van der Waals surface area contributed by atoms with E-state index in [1.807, 2.05) is 0 Å². The lowest BCUT2D eigenvalue weighted by molar-refractivity contribution is 0.579. The van der Waals surface area contributed by atoms with Crippen LogP contribution in [-0.4, -0.2) is 31.5 Å². The highest BCUT2D eigenvalue weighted by molar-refractivity contribution is 7.89. The largest absolute Gasteiger partial charge is 0.341 e. The van der Waals surface area contributed by atoms with E-state index in [9.17, 15) is 12.8 Å². The van der Waals surface area contributed by atoms with Gasteiger partial charge in [-0.15, -0.1) is 0 Å². The molecule has 0 aliphatic carbocycles. The topological polar surface area (TPSA) is 75.2 Å². The maximum atomic E-state index is 13.2. The average Bonchev–Trinajstić information content (AvgIpc) is 3.10. The van der Waals surface area contributed by atoms with Crippen LogP contribution in [0.3, 0.4) is 0 Å². The molecule has 1 saturated heterocycles. The molecule has 0 bridgehead atoms. The molecule has 0 atom stereocenters. The first kappa shape index (κ1) is 17.1. The van der Waals surface area contributed by atoms with E-state index in [0.717, 1.165) is 38.1 Å². The summed E-state index contributed by atoms with van der Waals surface area (Å²) in [5, 5.41) is -0.240. The lowest BCUT2D eigenvalue weighted by Gasteiger charge is -2.15. The van der Waals surface area contributed by atoms with Gasteiger partial charge in [0.05, 0.1) is 22.2 Å². The zero-order valence-electron chi connectivity index (χ0n) is 12.7. The standard InChI is InChI=1S/C15H16ClFN4O2S/c16-13-9-12(3-4-14(13)17)24(22,23)19-10-11-5-6-18-15(20-11)21-7-1-2-8-21/h3-6,9,19H,1-2,7-8,10H2. The van der Waals surface area contributed by atoms with Crippen molar-refractivity contribution in [1.29, 1.82) is 0 Å². The summed E-state index contributed by atoms with van der Waals surface area (Å²) in [6.07, 6.45) is 3.82. The molecule has 1 aliphatic heterocycles. The molecule has 1 aliphatic rings. The molecular weight excluding hydrogens is 355 g/mol. The number of nitrogens with one attached hydrogen (secondary N) is 1. The molecule has 6 nitrogen and oxygen atoms in total. The van der Waals surface area contributed by atoms with Crippen molar-refractivity contribution in [1.82, 2.24) is 14.7 Å². The van der Waals surface area contributed by atoms with E-state index >= 15 is 0 Å². The number of aromatic nitrogens is 2. The number of nitrogens with zero attached hydrogens (tertiary/aromatic N) is 3. The molecule has 0 unspecified atom stereocenters. The second-order valence-corrected chi connectivity index (χ2v) is 7.62. The van der Waals surface area contributed by atoms with Gasteiger partial charge in [-0.1, -0.05) is 11.6 Å². The first-order valence-electron chi connectivity index (χ1n) is 7.47. The van der Waals surface area contributed by atoms with Crippen molar-refractivity contribution in [2.45, 2.75) is 24.3 Å². The average molecular weight is 371 g/mol. The molecule has 1 aromatic carbocycles. The second kappa shape index (κ2) is 7.00. The summed E-state index contributed by atoms with van der Waals surface area (Å²) >= 11 is 5.64. The second-order valence-electron chi connectivity index (χ2n) is 5.44. The summed E-state index contributed by atoms with van der Waals surface area (Å²) in [6, 6.07) is 4.92. The summed E-state index contributed by atoms with van der Waals surface area (Å²) in [4.78, 5) is 10.6. The van der Waals surface area contributed by atoms with E-state index in [4.69, 9.17) is 11.6 Å². The molecule has 1 aromatic heterocycles. The summed E-state index contributed by atoms with van der Waals surface area (Å²) in [7, 11) is -3.80.